The number of unbranched alkanes of at least 4 members (excludes halogenated alkanes) is 18. The van der Waals surface area contributed by atoms with Crippen LogP contribution in [0.25, 0.3) is 0 Å². The number of hydrogen-bond acceptors (Lipinski definition) is 3. The van der Waals surface area contributed by atoms with Gasteiger partial charge >= 0.3 is 0 Å². The van der Waals surface area contributed by atoms with E-state index in [1.807, 2.05) is 0 Å². The first-order chi connectivity index (χ1) is 18.8. The van der Waals surface area contributed by atoms with Crippen LogP contribution in [0.2, 0.25) is 0 Å². The first-order valence-electron chi connectivity index (χ1n) is 16.6. The summed E-state index contributed by atoms with van der Waals surface area (Å²) in [5, 5.41) is 0. The van der Waals surface area contributed by atoms with E-state index in [1.54, 1.807) is 14.7 Å². The minimum absolute atomic E-state index is 0.901. The first-order valence-corrected chi connectivity index (χ1v) is 19.6. The minimum Gasteiger partial charge on any atom is -0.125 e. The smallest absolute Gasteiger partial charge is 0.0344 e. The third kappa shape index (κ3) is 19.4. The van der Waals surface area contributed by atoms with E-state index in [4.69, 9.17) is 0 Å². The molecule has 0 fully saturated rings. The molecule has 0 aromatic heterocycles. The molecule has 0 saturated heterocycles. The third-order valence-corrected chi connectivity index (χ3v) is 11.1. The number of rotatable bonds is 28. The molecular weight excluding hydrogens is 517 g/mol. The zero-order chi connectivity index (χ0) is 27.5. The lowest BCUT2D eigenvalue weighted by Crippen LogP contribution is -1.94. The summed E-state index contributed by atoms with van der Waals surface area (Å²) in [6.07, 6.45) is 30.2. The molecule has 0 N–H and O–H groups in total. The zero-order valence-electron chi connectivity index (χ0n) is 25.8. The van der Waals surface area contributed by atoms with Crippen molar-refractivity contribution in [3.63, 3.8) is 0 Å². The second-order valence-corrected chi connectivity index (χ2v) is 14.5. The monoisotopic (exact) mass is 579 g/mol. The summed E-state index contributed by atoms with van der Waals surface area (Å²) in [5.41, 5.74) is 1.43. The molecule has 0 unspecified atom stereocenters. The van der Waals surface area contributed by atoms with Crippen molar-refractivity contribution in [3.8, 4) is 0 Å². The average Bonchev–Trinajstić information content (AvgIpc) is 2.93. The van der Waals surface area contributed by atoms with E-state index in [0.717, 1.165) is 6.42 Å². The highest BCUT2D eigenvalue weighted by Crippen LogP contribution is 2.41. The molecule has 1 aromatic rings. The molecule has 0 aliphatic heterocycles. The normalized spacial score (nSPS) is 11.5. The molecule has 221 valence electrons. The lowest BCUT2D eigenvalue weighted by Gasteiger charge is -2.16. The highest BCUT2D eigenvalue weighted by Gasteiger charge is 2.13. The summed E-state index contributed by atoms with van der Waals surface area (Å²) in [5.74, 6) is 3.80. The largest absolute Gasteiger partial charge is 0.125 e. The molecule has 3 heteroatoms. The average molecular weight is 580 g/mol. The maximum atomic E-state index is 4.25. The Bertz CT molecular complexity index is 601. The van der Waals surface area contributed by atoms with Crippen LogP contribution in [0.1, 0.15) is 161 Å². The van der Waals surface area contributed by atoms with Gasteiger partial charge in [-0.1, -0.05) is 136 Å². The molecule has 0 aliphatic carbocycles. The standard InChI is InChI=1S/C35H63S3/c1-5-9-12-15-18-21-24-27-36-33-30-32(8-4)31-34(37-28-25-22-19-16-13-10-6-2)35(33)38-29-26-23-20-17-14-11-7-3/h30-31H,4-29H2,1-3H3. The number of hydrogen-bond donors (Lipinski definition) is 0. The van der Waals surface area contributed by atoms with E-state index in [1.165, 1.54) is 158 Å². The molecule has 1 aromatic carbocycles. The fraction of sp³-hybridized carbons (Fsp3) is 0.800. The summed E-state index contributed by atoms with van der Waals surface area (Å²) < 4.78 is 0. The Morgan fingerprint density at radius 3 is 1.11 bits per heavy atom. The molecule has 0 amide bonds. The second-order valence-electron chi connectivity index (χ2n) is 11.1. The fourth-order valence-corrected chi connectivity index (χ4v) is 8.66. The summed E-state index contributed by atoms with van der Waals surface area (Å²) in [7, 11) is 0. The fourth-order valence-electron chi connectivity index (χ4n) is 4.85. The molecule has 1 rings (SSSR count). The molecule has 38 heavy (non-hydrogen) atoms. The van der Waals surface area contributed by atoms with Crippen molar-refractivity contribution in [3.05, 3.63) is 24.6 Å². The van der Waals surface area contributed by atoms with Gasteiger partial charge < -0.3 is 0 Å². The van der Waals surface area contributed by atoms with Crippen molar-refractivity contribution in [2.75, 3.05) is 17.3 Å². The molecule has 0 bridgehead atoms. The van der Waals surface area contributed by atoms with Crippen molar-refractivity contribution in [1.82, 2.24) is 0 Å². The van der Waals surface area contributed by atoms with Gasteiger partial charge in [0, 0.05) is 14.7 Å². The van der Waals surface area contributed by atoms with Gasteiger partial charge in [0.15, 0.2) is 0 Å². The van der Waals surface area contributed by atoms with Crippen LogP contribution in [0, 0.1) is 6.92 Å². The van der Waals surface area contributed by atoms with Crippen LogP contribution in [0.15, 0.2) is 26.8 Å². The van der Waals surface area contributed by atoms with Gasteiger partial charge in [0.1, 0.15) is 0 Å². The number of benzene rings is 1. The van der Waals surface area contributed by atoms with Crippen molar-refractivity contribution < 1.29 is 0 Å². The quantitative estimate of drug-likeness (QED) is 0.0715. The van der Waals surface area contributed by atoms with E-state index in [-0.39, 0.29) is 0 Å². The first kappa shape index (κ1) is 36.3. The Kier molecular flexibility index (Phi) is 26.2. The molecular formula is C35H63S3. The van der Waals surface area contributed by atoms with Crippen molar-refractivity contribution in [1.29, 1.82) is 0 Å². The molecule has 0 heterocycles. The maximum Gasteiger partial charge on any atom is 0.0344 e. The Morgan fingerprint density at radius 1 is 0.447 bits per heavy atom. The molecule has 1 radical (unpaired) electrons. The predicted molar refractivity (Wildman–Crippen MR) is 182 cm³/mol. The maximum absolute atomic E-state index is 4.25. The molecule has 0 spiro atoms. The van der Waals surface area contributed by atoms with E-state index in [2.05, 4.69) is 75.1 Å². The summed E-state index contributed by atoms with van der Waals surface area (Å²) in [6, 6.07) is 4.95. The van der Waals surface area contributed by atoms with Crippen molar-refractivity contribution in [2.24, 2.45) is 0 Å². The van der Waals surface area contributed by atoms with Crippen LogP contribution in [-0.4, -0.2) is 17.3 Å². The van der Waals surface area contributed by atoms with Gasteiger partial charge in [0.25, 0.3) is 0 Å². The predicted octanol–water partition coefficient (Wildman–Crippen LogP) is 13.6. The molecule has 0 aliphatic rings. The summed E-state index contributed by atoms with van der Waals surface area (Å²) >= 11 is 6.41. The van der Waals surface area contributed by atoms with Gasteiger partial charge in [-0.25, -0.2) is 0 Å². The van der Waals surface area contributed by atoms with Crippen molar-refractivity contribution >= 4 is 35.3 Å². The van der Waals surface area contributed by atoms with Crippen LogP contribution in [-0.2, 0) is 6.42 Å². The Labute approximate surface area is 252 Å². The van der Waals surface area contributed by atoms with E-state index >= 15 is 0 Å². The van der Waals surface area contributed by atoms with Crippen molar-refractivity contribution in [2.45, 2.75) is 177 Å². The second kappa shape index (κ2) is 27.4. The molecule has 0 atom stereocenters. The Hall–Kier alpha value is 0.270. The van der Waals surface area contributed by atoms with Crippen LogP contribution in [0.4, 0.5) is 0 Å². The molecule has 0 nitrogen and oxygen atoms in total. The van der Waals surface area contributed by atoms with Crippen LogP contribution in [0.5, 0.6) is 0 Å². The van der Waals surface area contributed by atoms with Gasteiger partial charge in [0.2, 0.25) is 0 Å². The van der Waals surface area contributed by atoms with Gasteiger partial charge in [-0.2, -0.15) is 0 Å². The minimum atomic E-state index is 0.901. The summed E-state index contributed by atoms with van der Waals surface area (Å²) in [6.45, 7) is 11.2. The summed E-state index contributed by atoms with van der Waals surface area (Å²) in [4.78, 5) is 4.69. The highest BCUT2D eigenvalue weighted by atomic mass is 32.2. The highest BCUT2D eigenvalue weighted by molar-refractivity contribution is 8.03. The van der Waals surface area contributed by atoms with Gasteiger partial charge in [-0.3, -0.25) is 0 Å². The molecule has 0 saturated carbocycles. The lowest BCUT2D eigenvalue weighted by atomic mass is 10.1. The SMILES string of the molecule is [CH2]Cc1cc(SCCCCCCCCC)c(SCCCCCCCCC)c(SCCCCCCCCC)c1. The van der Waals surface area contributed by atoms with Crippen LogP contribution in [0.3, 0.4) is 0 Å². The van der Waals surface area contributed by atoms with E-state index in [0.29, 0.717) is 0 Å². The zero-order valence-corrected chi connectivity index (χ0v) is 28.2. The van der Waals surface area contributed by atoms with E-state index < -0.39 is 0 Å². The lowest BCUT2D eigenvalue weighted by molar-refractivity contribution is 0.603. The van der Waals surface area contributed by atoms with Crippen LogP contribution >= 0.6 is 35.3 Å². The number of thioether (sulfide) groups is 3. The van der Waals surface area contributed by atoms with Gasteiger partial charge in [0.05, 0.1) is 0 Å². The van der Waals surface area contributed by atoms with Crippen LogP contribution < -0.4 is 0 Å². The Balaban J connectivity index is 2.64. The van der Waals surface area contributed by atoms with Gasteiger partial charge in [-0.15, -0.1) is 35.3 Å². The van der Waals surface area contributed by atoms with E-state index in [9.17, 15) is 0 Å². The van der Waals surface area contributed by atoms with Gasteiger partial charge in [-0.05, 0) is 67.6 Å². The topological polar surface area (TPSA) is 0 Å². The Morgan fingerprint density at radius 2 is 0.763 bits per heavy atom. The third-order valence-electron chi connectivity index (χ3n) is 7.37.